The molecule has 1 N–H and O–H groups in total. The summed E-state index contributed by atoms with van der Waals surface area (Å²) in [7, 11) is 0. The van der Waals surface area contributed by atoms with Gasteiger partial charge in [-0.05, 0) is 36.8 Å². The lowest BCUT2D eigenvalue weighted by Gasteiger charge is -2.33. The molecule has 2 aromatic rings. The lowest BCUT2D eigenvalue weighted by molar-refractivity contribution is -0.143. The third-order valence-corrected chi connectivity index (χ3v) is 5.04. The van der Waals surface area contributed by atoms with Crippen molar-refractivity contribution in [1.82, 2.24) is 19.7 Å². The van der Waals surface area contributed by atoms with Crippen LogP contribution in [0.15, 0.2) is 24.3 Å². The van der Waals surface area contributed by atoms with Crippen LogP contribution in [0, 0.1) is 18.8 Å². The first-order chi connectivity index (χ1) is 12.8. The van der Waals surface area contributed by atoms with E-state index in [-0.39, 0.29) is 24.2 Å². The molecule has 1 aliphatic heterocycles. The number of piperidine rings is 1. The molecular weight excluding hydrogens is 344 g/mol. The number of carbonyl (C=O) groups excluding carboxylic acids is 1. The van der Waals surface area contributed by atoms with Crippen molar-refractivity contribution in [2.45, 2.75) is 40.0 Å². The molecule has 3 rings (SSSR count). The minimum absolute atomic E-state index is 0.115. The van der Waals surface area contributed by atoms with E-state index in [0.717, 1.165) is 11.3 Å². The molecule has 0 saturated carbocycles. The second kappa shape index (κ2) is 7.50. The van der Waals surface area contributed by atoms with Gasteiger partial charge < -0.3 is 10.0 Å². The maximum Gasteiger partial charge on any atom is 0.308 e. The Labute approximate surface area is 159 Å². The monoisotopic (exact) mass is 370 g/mol. The Balaban J connectivity index is 1.90. The van der Waals surface area contributed by atoms with Crippen molar-refractivity contribution in [2.75, 3.05) is 13.1 Å². The van der Waals surface area contributed by atoms with E-state index in [2.05, 4.69) is 23.9 Å². The number of para-hydroxylation sites is 1. The summed E-state index contributed by atoms with van der Waals surface area (Å²) in [6, 6.07) is 7.94. The van der Waals surface area contributed by atoms with Gasteiger partial charge >= 0.3 is 5.97 Å². The van der Waals surface area contributed by atoms with E-state index in [9.17, 15) is 14.7 Å². The predicted octanol–water partition coefficient (Wildman–Crippen LogP) is 2.88. The van der Waals surface area contributed by atoms with E-state index < -0.39 is 11.9 Å². The average Bonchev–Trinajstić information content (AvgIpc) is 3.02. The van der Waals surface area contributed by atoms with Crippen molar-refractivity contribution in [3.63, 3.8) is 0 Å². The number of hydrogen-bond donors (Lipinski definition) is 1. The zero-order valence-electron chi connectivity index (χ0n) is 16.2. The van der Waals surface area contributed by atoms with Gasteiger partial charge in [0.15, 0.2) is 0 Å². The minimum atomic E-state index is -0.861. The molecule has 2 unspecified atom stereocenters. The largest absolute Gasteiger partial charge is 0.481 e. The summed E-state index contributed by atoms with van der Waals surface area (Å²) >= 11 is 0. The number of aromatic nitrogens is 3. The fraction of sp³-hybridized carbons (Fsp3) is 0.500. The maximum atomic E-state index is 12.9. The van der Waals surface area contributed by atoms with Crippen LogP contribution in [0.1, 0.15) is 55.1 Å². The normalized spacial score (nSPS) is 20.1. The van der Waals surface area contributed by atoms with E-state index in [1.807, 2.05) is 38.1 Å². The second-order valence-corrected chi connectivity index (χ2v) is 7.69. The fourth-order valence-corrected chi connectivity index (χ4v) is 3.72. The van der Waals surface area contributed by atoms with Gasteiger partial charge in [-0.3, -0.25) is 9.59 Å². The number of benzene rings is 1. The molecule has 7 nitrogen and oxygen atoms in total. The molecule has 2 heterocycles. The molecule has 0 radical (unpaired) electrons. The van der Waals surface area contributed by atoms with Gasteiger partial charge in [-0.2, -0.15) is 0 Å². The molecule has 0 bridgehead atoms. The third kappa shape index (κ3) is 3.86. The summed E-state index contributed by atoms with van der Waals surface area (Å²) in [5, 5.41) is 13.8. The molecule has 1 fully saturated rings. The summed E-state index contributed by atoms with van der Waals surface area (Å²) in [4.78, 5) is 30.2. The molecule has 27 heavy (non-hydrogen) atoms. The van der Waals surface area contributed by atoms with E-state index >= 15 is 0 Å². The molecule has 0 aliphatic carbocycles. The highest BCUT2D eigenvalue weighted by molar-refractivity contribution is 5.91. The van der Waals surface area contributed by atoms with E-state index in [1.54, 1.807) is 9.58 Å². The zero-order chi connectivity index (χ0) is 19.7. The Hall–Kier alpha value is -2.70. The minimum Gasteiger partial charge on any atom is -0.481 e. The SMILES string of the molecule is Cc1nc(C(=O)N2CC(C)CC(C(=O)O)C2)nn1-c1ccccc1C(C)C. The van der Waals surface area contributed by atoms with Crippen LogP contribution in [0.5, 0.6) is 0 Å². The molecule has 1 saturated heterocycles. The number of likely N-dealkylation sites (tertiary alicyclic amines) is 1. The van der Waals surface area contributed by atoms with Gasteiger partial charge in [0.1, 0.15) is 5.82 Å². The summed E-state index contributed by atoms with van der Waals surface area (Å²) in [6.07, 6.45) is 0.585. The summed E-state index contributed by atoms with van der Waals surface area (Å²) in [6.45, 7) is 8.73. The molecule has 1 aliphatic rings. The smallest absolute Gasteiger partial charge is 0.308 e. The van der Waals surface area contributed by atoms with Crippen LogP contribution in [0.2, 0.25) is 0 Å². The van der Waals surface area contributed by atoms with Gasteiger partial charge in [0.2, 0.25) is 5.82 Å². The number of carboxylic acids is 1. The fourth-order valence-electron chi connectivity index (χ4n) is 3.72. The molecule has 0 spiro atoms. The van der Waals surface area contributed by atoms with Crippen molar-refractivity contribution >= 4 is 11.9 Å². The number of nitrogens with zero attached hydrogens (tertiary/aromatic N) is 4. The van der Waals surface area contributed by atoms with Gasteiger partial charge in [-0.1, -0.05) is 39.0 Å². The summed E-state index contributed by atoms with van der Waals surface area (Å²) in [5.74, 6) is -0.522. The summed E-state index contributed by atoms with van der Waals surface area (Å²) < 4.78 is 1.70. The third-order valence-electron chi connectivity index (χ3n) is 5.04. The lowest BCUT2D eigenvalue weighted by Crippen LogP contribution is -2.45. The average molecular weight is 370 g/mol. The highest BCUT2D eigenvalue weighted by Crippen LogP contribution is 2.25. The number of hydrogen-bond acceptors (Lipinski definition) is 4. The van der Waals surface area contributed by atoms with E-state index in [0.29, 0.717) is 24.7 Å². The number of aliphatic carboxylic acids is 1. The van der Waals surface area contributed by atoms with Crippen molar-refractivity contribution in [1.29, 1.82) is 0 Å². The van der Waals surface area contributed by atoms with Crippen LogP contribution in [0.3, 0.4) is 0 Å². The van der Waals surface area contributed by atoms with Crippen molar-refractivity contribution in [3.8, 4) is 5.69 Å². The van der Waals surface area contributed by atoms with Gasteiger partial charge in [0.25, 0.3) is 5.91 Å². The number of rotatable bonds is 4. The van der Waals surface area contributed by atoms with Crippen LogP contribution in [0.25, 0.3) is 5.69 Å². The summed E-state index contributed by atoms with van der Waals surface area (Å²) in [5.41, 5.74) is 2.04. The van der Waals surface area contributed by atoms with Gasteiger partial charge in [0, 0.05) is 13.1 Å². The van der Waals surface area contributed by atoms with Gasteiger partial charge in [-0.15, -0.1) is 5.10 Å². The molecule has 1 amide bonds. The van der Waals surface area contributed by atoms with Crippen LogP contribution in [-0.4, -0.2) is 49.7 Å². The first kappa shape index (κ1) is 19.1. The molecule has 144 valence electrons. The number of carboxylic acid groups (broad SMARTS) is 1. The second-order valence-electron chi connectivity index (χ2n) is 7.69. The molecule has 1 aromatic carbocycles. The highest BCUT2D eigenvalue weighted by atomic mass is 16.4. The molecule has 1 aromatic heterocycles. The topological polar surface area (TPSA) is 88.3 Å². The molecule has 2 atom stereocenters. The van der Waals surface area contributed by atoms with Crippen LogP contribution in [-0.2, 0) is 4.79 Å². The predicted molar refractivity (Wildman–Crippen MR) is 101 cm³/mol. The standard InChI is InChI=1S/C20H26N4O3/c1-12(2)16-7-5-6-8-17(16)24-14(4)21-18(22-24)19(25)23-10-13(3)9-15(11-23)20(26)27/h5-8,12-13,15H,9-11H2,1-4H3,(H,26,27). The molecule has 7 heteroatoms. The van der Waals surface area contributed by atoms with Crippen molar-refractivity contribution in [2.24, 2.45) is 11.8 Å². The van der Waals surface area contributed by atoms with Gasteiger partial charge in [0.05, 0.1) is 11.6 Å². The van der Waals surface area contributed by atoms with Gasteiger partial charge in [-0.25, -0.2) is 9.67 Å². The number of carbonyl (C=O) groups is 2. The van der Waals surface area contributed by atoms with Crippen molar-refractivity contribution in [3.05, 3.63) is 41.5 Å². The van der Waals surface area contributed by atoms with Crippen molar-refractivity contribution < 1.29 is 14.7 Å². The maximum absolute atomic E-state index is 12.9. The highest BCUT2D eigenvalue weighted by Gasteiger charge is 2.33. The van der Waals surface area contributed by atoms with Crippen LogP contribution in [0.4, 0.5) is 0 Å². The Morgan fingerprint density at radius 1 is 1.22 bits per heavy atom. The zero-order valence-corrected chi connectivity index (χ0v) is 16.2. The van der Waals surface area contributed by atoms with Crippen LogP contribution < -0.4 is 0 Å². The first-order valence-corrected chi connectivity index (χ1v) is 9.33. The van der Waals surface area contributed by atoms with E-state index in [4.69, 9.17) is 0 Å². The lowest BCUT2D eigenvalue weighted by atomic mass is 9.90. The number of amides is 1. The van der Waals surface area contributed by atoms with Crippen LogP contribution >= 0.6 is 0 Å². The molecular formula is C20H26N4O3. The Kier molecular flexibility index (Phi) is 5.30. The Morgan fingerprint density at radius 3 is 2.59 bits per heavy atom. The van der Waals surface area contributed by atoms with E-state index in [1.165, 1.54) is 0 Å². The quantitative estimate of drug-likeness (QED) is 0.894. The first-order valence-electron chi connectivity index (χ1n) is 9.33. The number of aryl methyl sites for hydroxylation is 1. The Morgan fingerprint density at radius 2 is 1.93 bits per heavy atom. The Bertz CT molecular complexity index is 859.